The van der Waals surface area contributed by atoms with Crippen LogP contribution in [0.25, 0.3) is 11.0 Å². The number of pyridine rings is 2. The molecule has 2 aromatic heterocycles. The molecule has 1 aliphatic carbocycles. The number of fused-ring (bicyclic) bond motifs is 1. The van der Waals surface area contributed by atoms with Crippen LogP contribution in [0.15, 0.2) is 71.7 Å². The van der Waals surface area contributed by atoms with Gasteiger partial charge < -0.3 is 15.0 Å². The summed E-state index contributed by atoms with van der Waals surface area (Å²) in [6, 6.07) is 17.5. The van der Waals surface area contributed by atoms with Crippen LogP contribution in [0.4, 0.5) is 4.39 Å². The number of carbonyl (C=O) groups excluding carboxylic acids is 1. The van der Waals surface area contributed by atoms with E-state index >= 15 is 0 Å². The third kappa shape index (κ3) is 4.55. The molecule has 172 valence electrons. The fraction of sp³-hybridized carbons (Fsp3) is 0.222. The molecule has 5 rings (SSSR count). The molecular weight excluding hydrogens is 433 g/mol. The number of nitrogens with one attached hydrogen (secondary N) is 1. The summed E-state index contributed by atoms with van der Waals surface area (Å²) >= 11 is 0. The smallest absolute Gasteiger partial charge is 0.267 e. The maximum absolute atomic E-state index is 13.4. The molecule has 1 fully saturated rings. The van der Waals surface area contributed by atoms with Gasteiger partial charge in [0.15, 0.2) is 5.75 Å². The monoisotopic (exact) mass is 457 g/mol. The van der Waals surface area contributed by atoms with Crippen molar-refractivity contribution in [1.29, 1.82) is 0 Å². The van der Waals surface area contributed by atoms with Gasteiger partial charge >= 0.3 is 0 Å². The van der Waals surface area contributed by atoms with Gasteiger partial charge in [0.25, 0.3) is 11.5 Å². The summed E-state index contributed by atoms with van der Waals surface area (Å²) in [5.74, 6) is -1.11. The average Bonchev–Trinajstić information content (AvgIpc) is 3.66. The summed E-state index contributed by atoms with van der Waals surface area (Å²) in [5, 5.41) is 13.6. The number of nitrogens with zero attached hydrogens (tertiary/aromatic N) is 2. The zero-order valence-corrected chi connectivity index (χ0v) is 18.5. The lowest BCUT2D eigenvalue weighted by molar-refractivity contribution is 0.0946. The highest BCUT2D eigenvalue weighted by atomic mass is 19.1. The highest BCUT2D eigenvalue weighted by molar-refractivity contribution is 6.01. The van der Waals surface area contributed by atoms with Gasteiger partial charge in [0, 0.05) is 19.3 Å². The van der Waals surface area contributed by atoms with Crippen molar-refractivity contribution in [3.8, 4) is 5.75 Å². The number of aromatic nitrogens is 2. The molecular formula is C27H24FN3O3. The first-order valence-electron chi connectivity index (χ1n) is 11.3. The molecule has 2 aromatic carbocycles. The molecule has 0 radical (unpaired) electrons. The molecule has 4 aromatic rings. The normalized spacial score (nSPS) is 13.2. The molecule has 34 heavy (non-hydrogen) atoms. The number of benzene rings is 2. The molecule has 0 aliphatic heterocycles. The van der Waals surface area contributed by atoms with E-state index in [2.05, 4.69) is 10.3 Å². The Morgan fingerprint density at radius 2 is 1.79 bits per heavy atom. The number of halogens is 1. The maximum Gasteiger partial charge on any atom is 0.267 e. The Kier molecular flexibility index (Phi) is 5.84. The van der Waals surface area contributed by atoms with Crippen molar-refractivity contribution in [1.82, 2.24) is 14.9 Å². The second kappa shape index (κ2) is 9.09. The van der Waals surface area contributed by atoms with Crippen LogP contribution in [0.1, 0.15) is 39.9 Å². The van der Waals surface area contributed by atoms with Gasteiger partial charge in [0.05, 0.1) is 5.52 Å². The topological polar surface area (TPSA) is 84.2 Å². The number of hydrogen-bond donors (Lipinski definition) is 2. The number of hydrogen-bond acceptors (Lipinski definition) is 4. The van der Waals surface area contributed by atoms with Crippen molar-refractivity contribution in [3.05, 3.63) is 105 Å². The molecule has 0 unspecified atom stereocenters. The molecule has 7 heteroatoms. The standard InChI is InChI=1S/C27H24FN3O3/c28-21-10-8-18(9-11-21)14-30-26(33)23-25(32)24-22(31(27(23)34)16-19-6-7-19)13-20(15-29-24)12-17-4-2-1-3-5-17/h1-5,8-11,13,15,19,32H,6-7,12,14,16H2,(H,30,33). The highest BCUT2D eigenvalue weighted by Crippen LogP contribution is 2.33. The van der Waals surface area contributed by atoms with Crippen LogP contribution in [0, 0.1) is 11.7 Å². The summed E-state index contributed by atoms with van der Waals surface area (Å²) in [5.41, 5.74) is 2.60. The van der Waals surface area contributed by atoms with Crippen LogP contribution in [-0.2, 0) is 19.5 Å². The fourth-order valence-corrected chi connectivity index (χ4v) is 4.09. The molecule has 0 saturated heterocycles. The second-order valence-corrected chi connectivity index (χ2v) is 8.77. The van der Waals surface area contributed by atoms with Crippen LogP contribution in [0.2, 0.25) is 0 Å². The van der Waals surface area contributed by atoms with E-state index in [1.54, 1.807) is 22.9 Å². The Morgan fingerprint density at radius 3 is 2.50 bits per heavy atom. The van der Waals surface area contributed by atoms with E-state index in [0.29, 0.717) is 30.0 Å². The van der Waals surface area contributed by atoms with Crippen LogP contribution in [0.5, 0.6) is 5.75 Å². The Bertz CT molecular complexity index is 1410. The highest BCUT2D eigenvalue weighted by Gasteiger charge is 2.28. The van der Waals surface area contributed by atoms with Crippen LogP contribution >= 0.6 is 0 Å². The molecule has 0 bridgehead atoms. The number of carbonyl (C=O) groups is 1. The van der Waals surface area contributed by atoms with Crippen molar-refractivity contribution < 1.29 is 14.3 Å². The minimum absolute atomic E-state index is 0.0993. The van der Waals surface area contributed by atoms with E-state index in [1.807, 2.05) is 36.4 Å². The van der Waals surface area contributed by atoms with Gasteiger partial charge in [-0.15, -0.1) is 0 Å². The van der Waals surface area contributed by atoms with Crippen molar-refractivity contribution in [2.75, 3.05) is 0 Å². The predicted molar refractivity (Wildman–Crippen MR) is 127 cm³/mol. The van der Waals surface area contributed by atoms with E-state index in [-0.39, 0.29) is 23.4 Å². The first kappa shape index (κ1) is 21.8. The van der Waals surface area contributed by atoms with Crippen LogP contribution < -0.4 is 10.9 Å². The van der Waals surface area contributed by atoms with Gasteiger partial charge in [-0.2, -0.15) is 0 Å². The lowest BCUT2D eigenvalue weighted by Gasteiger charge is -2.15. The molecule has 1 saturated carbocycles. The third-order valence-electron chi connectivity index (χ3n) is 6.12. The number of rotatable bonds is 7. The van der Waals surface area contributed by atoms with Gasteiger partial charge in [0.1, 0.15) is 16.9 Å². The lowest BCUT2D eigenvalue weighted by atomic mass is 10.1. The molecule has 1 aliphatic rings. The predicted octanol–water partition coefficient (Wildman–Crippen LogP) is 4.17. The SMILES string of the molecule is O=C(NCc1ccc(F)cc1)c1c(O)c2ncc(Cc3ccccc3)cc2n(CC2CC2)c1=O. The van der Waals surface area contributed by atoms with Crippen molar-refractivity contribution in [3.63, 3.8) is 0 Å². The molecule has 2 N–H and O–H groups in total. The maximum atomic E-state index is 13.4. The van der Waals surface area contributed by atoms with E-state index in [0.717, 1.165) is 24.0 Å². The Labute approximate surface area is 195 Å². The molecule has 2 heterocycles. The van der Waals surface area contributed by atoms with Crippen molar-refractivity contribution in [2.45, 2.75) is 32.4 Å². The average molecular weight is 458 g/mol. The molecule has 0 atom stereocenters. The minimum atomic E-state index is -0.687. The van der Waals surface area contributed by atoms with Gasteiger partial charge in [-0.05, 0) is 60.1 Å². The quantitative estimate of drug-likeness (QED) is 0.436. The number of aromatic hydroxyl groups is 1. The Balaban J connectivity index is 1.51. The Hall–Kier alpha value is -4.00. The first-order valence-corrected chi connectivity index (χ1v) is 11.3. The molecule has 6 nitrogen and oxygen atoms in total. The molecule has 1 amide bonds. The summed E-state index contributed by atoms with van der Waals surface area (Å²) in [4.78, 5) is 30.8. The van der Waals surface area contributed by atoms with E-state index in [4.69, 9.17) is 0 Å². The second-order valence-electron chi connectivity index (χ2n) is 8.77. The zero-order chi connectivity index (χ0) is 23.7. The largest absolute Gasteiger partial charge is 0.505 e. The summed E-state index contributed by atoms with van der Waals surface area (Å²) < 4.78 is 14.7. The summed E-state index contributed by atoms with van der Waals surface area (Å²) in [6.07, 6.45) is 4.36. The van der Waals surface area contributed by atoms with Gasteiger partial charge in [0.2, 0.25) is 0 Å². The number of amides is 1. The summed E-state index contributed by atoms with van der Waals surface area (Å²) in [7, 11) is 0. The molecule has 0 spiro atoms. The summed E-state index contributed by atoms with van der Waals surface area (Å²) in [6.45, 7) is 0.576. The third-order valence-corrected chi connectivity index (χ3v) is 6.12. The van der Waals surface area contributed by atoms with Crippen molar-refractivity contribution >= 4 is 16.9 Å². The van der Waals surface area contributed by atoms with Gasteiger partial charge in [-0.3, -0.25) is 14.6 Å². The van der Waals surface area contributed by atoms with Gasteiger partial charge in [-0.25, -0.2) is 4.39 Å². The lowest BCUT2D eigenvalue weighted by Crippen LogP contribution is -2.33. The van der Waals surface area contributed by atoms with Crippen LogP contribution in [0.3, 0.4) is 0 Å². The van der Waals surface area contributed by atoms with Crippen LogP contribution in [-0.4, -0.2) is 20.6 Å². The van der Waals surface area contributed by atoms with E-state index < -0.39 is 17.2 Å². The fourth-order valence-electron chi connectivity index (χ4n) is 4.09. The first-order chi connectivity index (χ1) is 16.5. The minimum Gasteiger partial charge on any atom is -0.505 e. The van der Waals surface area contributed by atoms with Crippen molar-refractivity contribution in [2.24, 2.45) is 5.92 Å². The Morgan fingerprint density at radius 1 is 1.06 bits per heavy atom. The van der Waals surface area contributed by atoms with E-state index in [1.165, 1.54) is 12.1 Å². The zero-order valence-electron chi connectivity index (χ0n) is 18.5. The van der Waals surface area contributed by atoms with E-state index in [9.17, 15) is 19.1 Å². The van der Waals surface area contributed by atoms with Gasteiger partial charge in [-0.1, -0.05) is 42.5 Å².